The van der Waals surface area contributed by atoms with Crippen molar-refractivity contribution in [3.63, 3.8) is 0 Å². The van der Waals surface area contributed by atoms with E-state index in [1.807, 2.05) is 29.2 Å². The van der Waals surface area contributed by atoms with E-state index in [1.54, 1.807) is 31.5 Å². The lowest BCUT2D eigenvalue weighted by Gasteiger charge is -2.24. The van der Waals surface area contributed by atoms with E-state index in [-0.39, 0.29) is 11.9 Å². The Balaban J connectivity index is 1.64. The first kappa shape index (κ1) is 16.7. The maximum atomic E-state index is 13.1. The van der Waals surface area contributed by atoms with E-state index >= 15 is 0 Å². The molecule has 1 saturated heterocycles. The number of hydrogen-bond donors (Lipinski definition) is 0. The summed E-state index contributed by atoms with van der Waals surface area (Å²) in [6.45, 7) is 2.52. The summed E-state index contributed by atoms with van der Waals surface area (Å²) in [5.74, 6) is -0.0879. The van der Waals surface area contributed by atoms with Crippen molar-refractivity contribution in [3.05, 3.63) is 70.8 Å². The number of carbonyl (C=O) groups is 1. The zero-order valence-electron chi connectivity index (χ0n) is 14.3. The average molecular weight is 368 g/mol. The minimum absolute atomic E-state index is 0.0567. The molecule has 132 valence electrons. The average Bonchev–Trinajstić information content (AvgIpc) is 3.29. The third-order valence-corrected chi connectivity index (χ3v) is 4.86. The quantitative estimate of drug-likeness (QED) is 0.709. The molecule has 1 aromatic carbocycles. The fourth-order valence-electron chi connectivity index (χ4n) is 3.37. The van der Waals surface area contributed by atoms with Gasteiger partial charge in [-0.2, -0.15) is 9.90 Å². The fourth-order valence-corrected chi connectivity index (χ4v) is 3.55. The second-order valence-corrected chi connectivity index (χ2v) is 6.78. The van der Waals surface area contributed by atoms with Gasteiger partial charge in [0.05, 0.1) is 17.4 Å². The summed E-state index contributed by atoms with van der Waals surface area (Å²) in [7, 11) is 0. The van der Waals surface area contributed by atoms with Crippen LogP contribution in [0.3, 0.4) is 0 Å². The first-order valence-electron chi connectivity index (χ1n) is 8.54. The van der Waals surface area contributed by atoms with Crippen molar-refractivity contribution in [2.75, 3.05) is 6.54 Å². The molecule has 26 heavy (non-hydrogen) atoms. The van der Waals surface area contributed by atoms with Gasteiger partial charge in [0.15, 0.2) is 5.69 Å². The van der Waals surface area contributed by atoms with Gasteiger partial charge in [-0.25, -0.2) is 0 Å². The smallest absolute Gasteiger partial charge is 0.276 e. The van der Waals surface area contributed by atoms with Gasteiger partial charge in [-0.05, 0) is 55.7 Å². The van der Waals surface area contributed by atoms with Crippen molar-refractivity contribution in [1.82, 2.24) is 24.9 Å². The van der Waals surface area contributed by atoms with Crippen LogP contribution in [-0.2, 0) is 0 Å². The van der Waals surface area contributed by atoms with Gasteiger partial charge < -0.3 is 4.90 Å². The Morgan fingerprint density at radius 2 is 2.00 bits per heavy atom. The second kappa shape index (κ2) is 6.88. The zero-order chi connectivity index (χ0) is 18.1. The number of halogens is 1. The normalized spacial score (nSPS) is 16.8. The van der Waals surface area contributed by atoms with Crippen molar-refractivity contribution in [2.45, 2.75) is 25.8 Å². The van der Waals surface area contributed by atoms with Crippen molar-refractivity contribution in [2.24, 2.45) is 0 Å². The number of amides is 1. The van der Waals surface area contributed by atoms with E-state index in [9.17, 15) is 4.79 Å². The molecule has 0 aliphatic carbocycles. The minimum Gasteiger partial charge on any atom is -0.330 e. The van der Waals surface area contributed by atoms with Crippen LogP contribution >= 0.6 is 11.6 Å². The van der Waals surface area contributed by atoms with Crippen LogP contribution in [0.25, 0.3) is 5.69 Å². The number of carbonyl (C=O) groups excluding carboxylic acids is 1. The molecule has 1 unspecified atom stereocenters. The maximum Gasteiger partial charge on any atom is 0.276 e. The van der Waals surface area contributed by atoms with Gasteiger partial charge in [0.1, 0.15) is 0 Å². The molecule has 7 heteroatoms. The molecule has 4 rings (SSSR count). The molecular formula is C19H18ClN5O. The Morgan fingerprint density at radius 1 is 1.19 bits per heavy atom. The van der Waals surface area contributed by atoms with Gasteiger partial charge in [0.2, 0.25) is 0 Å². The Labute approximate surface area is 156 Å². The number of rotatable bonds is 3. The van der Waals surface area contributed by atoms with E-state index < -0.39 is 0 Å². The third-order valence-electron chi connectivity index (χ3n) is 4.63. The molecular weight excluding hydrogens is 350 g/mol. The second-order valence-electron chi connectivity index (χ2n) is 6.34. The van der Waals surface area contributed by atoms with Crippen LogP contribution < -0.4 is 0 Å². The van der Waals surface area contributed by atoms with Crippen molar-refractivity contribution in [3.8, 4) is 5.69 Å². The van der Waals surface area contributed by atoms with Gasteiger partial charge in [0.25, 0.3) is 5.91 Å². The monoisotopic (exact) mass is 367 g/mol. The van der Waals surface area contributed by atoms with E-state index in [1.165, 1.54) is 4.80 Å². The van der Waals surface area contributed by atoms with E-state index in [0.717, 1.165) is 30.6 Å². The number of likely N-dealkylation sites (tertiary alicyclic amines) is 1. The first-order valence-corrected chi connectivity index (χ1v) is 8.92. The van der Waals surface area contributed by atoms with Crippen LogP contribution in [-0.4, -0.2) is 37.3 Å². The van der Waals surface area contributed by atoms with Crippen LogP contribution in [0.2, 0.25) is 5.02 Å². The standard InChI is InChI=1S/C19H18ClN5O/c1-13-18(23-25(22-13)16-5-2-4-15(20)12-16)19(26)24-11-3-6-17(24)14-7-9-21-10-8-14/h2,4-5,7-10,12,17H,3,6,11H2,1H3. The Bertz CT molecular complexity index is 940. The van der Waals surface area contributed by atoms with Gasteiger partial charge in [0, 0.05) is 24.0 Å². The molecule has 6 nitrogen and oxygen atoms in total. The molecule has 0 N–H and O–H groups in total. The van der Waals surface area contributed by atoms with Crippen LogP contribution in [0.4, 0.5) is 0 Å². The molecule has 1 aliphatic heterocycles. The summed E-state index contributed by atoms with van der Waals surface area (Å²) in [5, 5.41) is 9.44. The first-order chi connectivity index (χ1) is 12.6. The van der Waals surface area contributed by atoms with Gasteiger partial charge in [-0.1, -0.05) is 17.7 Å². The molecule has 2 aromatic heterocycles. The van der Waals surface area contributed by atoms with Crippen LogP contribution in [0.15, 0.2) is 48.8 Å². The summed E-state index contributed by atoms with van der Waals surface area (Å²) < 4.78 is 0. The molecule has 1 atom stereocenters. The minimum atomic E-state index is -0.0879. The van der Waals surface area contributed by atoms with E-state index in [2.05, 4.69) is 15.2 Å². The number of aromatic nitrogens is 4. The Hall–Kier alpha value is -2.73. The third kappa shape index (κ3) is 3.08. The van der Waals surface area contributed by atoms with Crippen LogP contribution in [0.5, 0.6) is 0 Å². The summed E-state index contributed by atoms with van der Waals surface area (Å²) in [6.07, 6.45) is 5.44. The number of benzene rings is 1. The number of aryl methyl sites for hydroxylation is 1. The van der Waals surface area contributed by atoms with Crippen molar-refractivity contribution in [1.29, 1.82) is 0 Å². The summed E-state index contributed by atoms with van der Waals surface area (Å²) in [6, 6.07) is 11.2. The van der Waals surface area contributed by atoms with Crippen molar-refractivity contribution < 1.29 is 4.79 Å². The summed E-state index contributed by atoms with van der Waals surface area (Å²) in [4.78, 5) is 20.5. The summed E-state index contributed by atoms with van der Waals surface area (Å²) in [5.41, 5.74) is 2.82. The van der Waals surface area contributed by atoms with Crippen LogP contribution in [0.1, 0.15) is 40.6 Å². The maximum absolute atomic E-state index is 13.1. The highest BCUT2D eigenvalue weighted by atomic mass is 35.5. The Kier molecular flexibility index (Phi) is 4.42. The highest BCUT2D eigenvalue weighted by Crippen LogP contribution is 2.32. The lowest BCUT2D eigenvalue weighted by atomic mass is 10.1. The molecule has 0 saturated carbocycles. The molecule has 0 spiro atoms. The molecule has 1 amide bonds. The zero-order valence-corrected chi connectivity index (χ0v) is 15.1. The lowest BCUT2D eigenvalue weighted by molar-refractivity contribution is 0.0728. The highest BCUT2D eigenvalue weighted by Gasteiger charge is 2.33. The Morgan fingerprint density at radius 3 is 2.77 bits per heavy atom. The molecule has 3 aromatic rings. The van der Waals surface area contributed by atoms with Gasteiger partial charge >= 0.3 is 0 Å². The van der Waals surface area contributed by atoms with E-state index in [0.29, 0.717) is 16.4 Å². The highest BCUT2D eigenvalue weighted by molar-refractivity contribution is 6.30. The topological polar surface area (TPSA) is 63.9 Å². The molecule has 1 aliphatic rings. The molecule has 1 fully saturated rings. The predicted octanol–water partition coefficient (Wildman–Crippen LogP) is 3.60. The lowest BCUT2D eigenvalue weighted by Crippen LogP contribution is -2.31. The predicted molar refractivity (Wildman–Crippen MR) is 98.4 cm³/mol. The van der Waals surface area contributed by atoms with Crippen LogP contribution in [0, 0.1) is 6.92 Å². The summed E-state index contributed by atoms with van der Waals surface area (Å²) >= 11 is 6.05. The SMILES string of the molecule is Cc1nn(-c2cccc(Cl)c2)nc1C(=O)N1CCCC1c1ccncc1. The number of nitrogens with zero attached hydrogens (tertiary/aromatic N) is 5. The number of pyridine rings is 1. The molecule has 0 radical (unpaired) electrons. The largest absolute Gasteiger partial charge is 0.330 e. The molecule has 3 heterocycles. The fraction of sp³-hybridized carbons (Fsp3) is 0.263. The van der Waals surface area contributed by atoms with Gasteiger partial charge in [-0.3, -0.25) is 9.78 Å². The van der Waals surface area contributed by atoms with E-state index in [4.69, 9.17) is 11.6 Å². The van der Waals surface area contributed by atoms with Crippen molar-refractivity contribution >= 4 is 17.5 Å². The van der Waals surface area contributed by atoms with Gasteiger partial charge in [-0.15, -0.1) is 5.10 Å². The molecule has 0 bridgehead atoms. The number of hydrogen-bond acceptors (Lipinski definition) is 4.